The number of benzene rings is 2. The predicted octanol–water partition coefficient (Wildman–Crippen LogP) is 3.53. The largest absolute Gasteiger partial charge is 0.378 e. The maximum Gasteiger partial charge on any atom is 0.339 e. The van der Waals surface area contributed by atoms with Crippen LogP contribution in [-0.2, 0) is 10.1 Å². The molecule has 0 aromatic heterocycles. The summed E-state index contributed by atoms with van der Waals surface area (Å²) in [6, 6.07) is 13.3. The number of hydrogen-bond donors (Lipinski definition) is 0. The van der Waals surface area contributed by atoms with Crippen LogP contribution in [0.3, 0.4) is 0 Å². The Morgan fingerprint density at radius 3 is 2.22 bits per heavy atom. The van der Waals surface area contributed by atoms with Crippen molar-refractivity contribution in [3.63, 3.8) is 0 Å². The highest BCUT2D eigenvalue weighted by Gasteiger charge is 2.17. The Hall–Kier alpha value is -1.33. The molecule has 0 N–H and O–H groups in total. The summed E-state index contributed by atoms with van der Waals surface area (Å²) in [4.78, 5) is 0.142. The van der Waals surface area contributed by atoms with Crippen molar-refractivity contribution in [2.45, 2.75) is 11.8 Å². The van der Waals surface area contributed by atoms with E-state index in [0.717, 1.165) is 5.56 Å². The van der Waals surface area contributed by atoms with Gasteiger partial charge in [-0.15, -0.1) is 0 Å². The van der Waals surface area contributed by atoms with E-state index >= 15 is 0 Å². The third-order valence-corrected chi connectivity index (χ3v) is 4.25. The Labute approximate surface area is 115 Å². The number of hydrogen-bond acceptors (Lipinski definition) is 3. The molecule has 2 rings (SSSR count). The van der Waals surface area contributed by atoms with Crippen molar-refractivity contribution in [2.24, 2.45) is 0 Å². The van der Waals surface area contributed by atoms with E-state index in [1.807, 2.05) is 6.92 Å². The van der Waals surface area contributed by atoms with Crippen LogP contribution in [0.25, 0.3) is 0 Å². The molecule has 0 fully saturated rings. The van der Waals surface area contributed by atoms with E-state index in [1.165, 1.54) is 12.1 Å². The van der Waals surface area contributed by atoms with Crippen molar-refractivity contribution in [1.82, 2.24) is 0 Å². The van der Waals surface area contributed by atoms with Gasteiger partial charge < -0.3 is 4.18 Å². The fourth-order valence-corrected chi connectivity index (χ4v) is 2.80. The lowest BCUT2D eigenvalue weighted by molar-refractivity contribution is 0.484. The van der Waals surface area contributed by atoms with E-state index in [-0.39, 0.29) is 10.6 Å². The van der Waals surface area contributed by atoms with E-state index in [2.05, 4.69) is 15.9 Å². The van der Waals surface area contributed by atoms with Gasteiger partial charge >= 0.3 is 10.1 Å². The molecule has 2 aromatic carbocycles. The molecule has 2 aromatic rings. The third-order valence-electron chi connectivity index (χ3n) is 2.35. The first kappa shape index (κ1) is 13.1. The van der Waals surface area contributed by atoms with Gasteiger partial charge in [0.25, 0.3) is 0 Å². The van der Waals surface area contributed by atoms with E-state index in [0.29, 0.717) is 4.47 Å². The summed E-state index contributed by atoms with van der Waals surface area (Å²) in [5.74, 6) is 0.276. The molecule has 0 bridgehead atoms. The van der Waals surface area contributed by atoms with Crippen molar-refractivity contribution >= 4 is 26.0 Å². The summed E-state index contributed by atoms with van der Waals surface area (Å²) in [6.45, 7) is 1.89. The second-order valence-corrected chi connectivity index (χ2v) is 6.18. The molecule has 0 saturated heterocycles. The molecule has 0 aliphatic carbocycles. The molecular weight excluding hydrogens is 316 g/mol. The van der Waals surface area contributed by atoms with Crippen molar-refractivity contribution in [3.05, 3.63) is 58.6 Å². The second kappa shape index (κ2) is 5.12. The molecule has 94 valence electrons. The van der Waals surface area contributed by atoms with Crippen LogP contribution in [0.4, 0.5) is 0 Å². The smallest absolute Gasteiger partial charge is 0.339 e. The first-order chi connectivity index (χ1) is 8.49. The van der Waals surface area contributed by atoms with Crippen molar-refractivity contribution in [3.8, 4) is 5.75 Å². The van der Waals surface area contributed by atoms with Gasteiger partial charge in [-0.25, -0.2) is 0 Å². The quantitative estimate of drug-likeness (QED) is 0.810. The standard InChI is InChI=1S/C13H11BrO3S/c1-10-6-8-11(9-7-10)18(15,16)17-13-5-3-2-4-12(13)14/h2-9H,1H3. The number of halogens is 1. The number of rotatable bonds is 3. The molecular formula is C13H11BrO3S. The lowest BCUT2D eigenvalue weighted by Crippen LogP contribution is -2.09. The maximum absolute atomic E-state index is 12.0. The minimum Gasteiger partial charge on any atom is -0.378 e. The lowest BCUT2D eigenvalue weighted by Gasteiger charge is -2.08. The molecule has 0 heterocycles. The van der Waals surface area contributed by atoms with Crippen molar-refractivity contribution in [1.29, 1.82) is 0 Å². The second-order valence-electron chi connectivity index (χ2n) is 3.78. The average Bonchev–Trinajstić information content (AvgIpc) is 2.32. The number of aryl methyl sites for hydroxylation is 1. The summed E-state index contributed by atoms with van der Waals surface area (Å²) < 4.78 is 29.7. The van der Waals surface area contributed by atoms with E-state index in [9.17, 15) is 8.42 Å². The minimum absolute atomic E-state index is 0.142. The molecule has 18 heavy (non-hydrogen) atoms. The Morgan fingerprint density at radius 2 is 1.61 bits per heavy atom. The SMILES string of the molecule is Cc1ccc(S(=O)(=O)Oc2ccccc2Br)cc1. The zero-order valence-electron chi connectivity index (χ0n) is 9.63. The summed E-state index contributed by atoms with van der Waals surface area (Å²) in [5, 5.41) is 0. The van der Waals surface area contributed by atoms with Crippen LogP contribution in [0.1, 0.15) is 5.56 Å². The minimum atomic E-state index is -3.78. The Morgan fingerprint density at radius 1 is 1.00 bits per heavy atom. The Balaban J connectivity index is 2.33. The summed E-state index contributed by atoms with van der Waals surface area (Å²) in [6.07, 6.45) is 0. The highest BCUT2D eigenvalue weighted by Crippen LogP contribution is 2.27. The van der Waals surface area contributed by atoms with Crippen LogP contribution in [0.15, 0.2) is 57.9 Å². The maximum atomic E-state index is 12.0. The van der Waals surface area contributed by atoms with Gasteiger partial charge in [0.15, 0.2) is 5.75 Å². The van der Waals surface area contributed by atoms with Crippen LogP contribution in [0.5, 0.6) is 5.75 Å². The predicted molar refractivity (Wildman–Crippen MR) is 73.1 cm³/mol. The Bertz CT molecular complexity index is 648. The lowest BCUT2D eigenvalue weighted by atomic mass is 10.2. The number of para-hydroxylation sites is 1. The van der Waals surface area contributed by atoms with Crippen LogP contribution in [0, 0.1) is 6.92 Å². The van der Waals surface area contributed by atoms with Gasteiger partial charge in [-0.2, -0.15) is 8.42 Å². The van der Waals surface area contributed by atoms with E-state index in [1.54, 1.807) is 36.4 Å². The molecule has 0 radical (unpaired) electrons. The molecule has 0 atom stereocenters. The van der Waals surface area contributed by atoms with Crippen LogP contribution >= 0.6 is 15.9 Å². The highest BCUT2D eigenvalue weighted by atomic mass is 79.9. The molecule has 0 aliphatic heterocycles. The molecule has 0 amide bonds. The zero-order valence-corrected chi connectivity index (χ0v) is 12.0. The van der Waals surface area contributed by atoms with Gasteiger partial charge in [0, 0.05) is 0 Å². The summed E-state index contributed by atoms with van der Waals surface area (Å²) in [7, 11) is -3.78. The fourth-order valence-electron chi connectivity index (χ4n) is 1.38. The molecule has 0 saturated carbocycles. The monoisotopic (exact) mass is 326 g/mol. The first-order valence-corrected chi connectivity index (χ1v) is 7.45. The fraction of sp³-hybridized carbons (Fsp3) is 0.0769. The summed E-state index contributed by atoms with van der Waals surface area (Å²) >= 11 is 3.24. The van der Waals surface area contributed by atoms with Crippen molar-refractivity contribution in [2.75, 3.05) is 0 Å². The first-order valence-electron chi connectivity index (χ1n) is 5.25. The van der Waals surface area contributed by atoms with Crippen molar-refractivity contribution < 1.29 is 12.6 Å². The molecule has 0 spiro atoms. The van der Waals surface area contributed by atoms with Crippen LogP contribution in [-0.4, -0.2) is 8.42 Å². The topological polar surface area (TPSA) is 43.4 Å². The normalized spacial score (nSPS) is 11.2. The van der Waals surface area contributed by atoms with Gasteiger partial charge in [0.05, 0.1) is 4.47 Å². The van der Waals surface area contributed by atoms with Gasteiger partial charge in [-0.3, -0.25) is 0 Å². The van der Waals surface area contributed by atoms with Gasteiger partial charge in [0.1, 0.15) is 4.90 Å². The average molecular weight is 327 g/mol. The zero-order chi connectivity index (χ0) is 13.2. The van der Waals surface area contributed by atoms with Gasteiger partial charge in [-0.1, -0.05) is 29.8 Å². The summed E-state index contributed by atoms with van der Waals surface area (Å²) in [5.41, 5.74) is 0.995. The van der Waals surface area contributed by atoms with Crippen LogP contribution < -0.4 is 4.18 Å². The molecule has 0 aliphatic rings. The van der Waals surface area contributed by atoms with Gasteiger partial charge in [-0.05, 0) is 47.1 Å². The molecule has 3 nitrogen and oxygen atoms in total. The molecule has 5 heteroatoms. The van der Waals surface area contributed by atoms with E-state index in [4.69, 9.17) is 4.18 Å². The molecule has 0 unspecified atom stereocenters. The van der Waals surface area contributed by atoms with E-state index < -0.39 is 10.1 Å². The Kier molecular flexibility index (Phi) is 3.73. The third kappa shape index (κ3) is 2.91. The van der Waals surface area contributed by atoms with Crippen LogP contribution in [0.2, 0.25) is 0 Å². The van der Waals surface area contributed by atoms with Gasteiger partial charge in [0.2, 0.25) is 0 Å². The highest BCUT2D eigenvalue weighted by molar-refractivity contribution is 9.10.